The maximum Gasteiger partial charge on any atom is 0.339 e. The molecule has 1 aromatic rings. The molecule has 0 aliphatic heterocycles. The Labute approximate surface area is 104 Å². The highest BCUT2D eigenvalue weighted by atomic mass is 16.6. The molecule has 0 fully saturated rings. The summed E-state index contributed by atoms with van der Waals surface area (Å²) in [7, 11) is 0. The molecule has 1 aromatic carbocycles. The number of aryl methyl sites for hydroxylation is 1. The van der Waals surface area contributed by atoms with E-state index in [1.54, 1.807) is 13.8 Å². The fraction of sp³-hybridized carbons (Fsp3) is 0.333. The van der Waals surface area contributed by atoms with E-state index in [2.05, 4.69) is 0 Å². The topological polar surface area (TPSA) is 93.2 Å². The van der Waals surface area contributed by atoms with Gasteiger partial charge in [0.15, 0.2) is 0 Å². The van der Waals surface area contributed by atoms with E-state index in [-0.39, 0.29) is 23.4 Å². The van der Waals surface area contributed by atoms with Crippen molar-refractivity contribution in [3.05, 3.63) is 38.9 Å². The number of carbonyl (C=O) groups is 1. The van der Waals surface area contributed by atoms with Gasteiger partial charge >= 0.3 is 5.97 Å². The minimum atomic E-state index is -0.722. The number of esters is 1. The van der Waals surface area contributed by atoms with Gasteiger partial charge < -0.3 is 4.74 Å². The molecule has 1 rings (SSSR count). The molecule has 0 aliphatic carbocycles. The van der Waals surface area contributed by atoms with Crippen LogP contribution in [0.25, 0.3) is 0 Å². The molecular weight excluding hydrogens is 236 g/mol. The van der Waals surface area contributed by atoms with Crippen LogP contribution in [0.1, 0.15) is 35.3 Å². The van der Waals surface area contributed by atoms with Crippen LogP contribution in [0, 0.1) is 21.4 Å². The third kappa shape index (κ3) is 2.63. The Kier molecular flexibility index (Phi) is 4.38. The SMILES string of the molecule is CCOC(=O)c1cc([N+](=O)[O-])c(CC)cc1C#N. The summed E-state index contributed by atoms with van der Waals surface area (Å²) in [6.07, 6.45) is 0.411. The highest BCUT2D eigenvalue weighted by Gasteiger charge is 2.21. The van der Waals surface area contributed by atoms with Crippen LogP contribution in [0.5, 0.6) is 0 Å². The van der Waals surface area contributed by atoms with Crippen LogP contribution in [0.4, 0.5) is 5.69 Å². The standard InChI is InChI=1S/C12H12N2O4/c1-3-8-5-9(7-13)10(12(15)18-4-2)6-11(8)14(16)17/h5-6H,3-4H2,1-2H3. The average Bonchev–Trinajstić information content (AvgIpc) is 2.37. The van der Waals surface area contributed by atoms with Crippen molar-refractivity contribution >= 4 is 11.7 Å². The summed E-state index contributed by atoms with van der Waals surface area (Å²) >= 11 is 0. The van der Waals surface area contributed by atoms with Gasteiger partial charge in [-0.05, 0) is 19.4 Å². The summed E-state index contributed by atoms with van der Waals surface area (Å²) in [5.41, 5.74) is 0.281. The Balaban J connectivity index is 3.42. The van der Waals surface area contributed by atoms with Crippen molar-refractivity contribution in [3.8, 4) is 6.07 Å². The molecule has 0 spiro atoms. The van der Waals surface area contributed by atoms with Crippen molar-refractivity contribution in [1.82, 2.24) is 0 Å². The van der Waals surface area contributed by atoms with Crippen LogP contribution >= 0.6 is 0 Å². The smallest absolute Gasteiger partial charge is 0.339 e. The second-order valence-corrected chi connectivity index (χ2v) is 3.47. The summed E-state index contributed by atoms with van der Waals surface area (Å²) in [6, 6.07) is 4.32. The quantitative estimate of drug-likeness (QED) is 0.462. The zero-order valence-corrected chi connectivity index (χ0v) is 10.1. The third-order valence-corrected chi connectivity index (χ3v) is 2.41. The molecule has 94 valence electrons. The van der Waals surface area contributed by atoms with Crippen molar-refractivity contribution in [1.29, 1.82) is 5.26 Å². The average molecular weight is 248 g/mol. The Bertz CT molecular complexity index is 532. The second kappa shape index (κ2) is 5.77. The molecule has 18 heavy (non-hydrogen) atoms. The van der Waals surface area contributed by atoms with Gasteiger partial charge in [0.2, 0.25) is 0 Å². The van der Waals surface area contributed by atoms with Crippen LogP contribution in [0.15, 0.2) is 12.1 Å². The molecule has 0 radical (unpaired) electrons. The molecule has 0 bridgehead atoms. The van der Waals surface area contributed by atoms with E-state index < -0.39 is 10.9 Å². The van der Waals surface area contributed by atoms with E-state index >= 15 is 0 Å². The Morgan fingerprint density at radius 3 is 2.61 bits per heavy atom. The first-order valence-electron chi connectivity index (χ1n) is 5.43. The predicted octanol–water partition coefficient (Wildman–Crippen LogP) is 2.21. The summed E-state index contributed by atoms with van der Waals surface area (Å²) in [5.74, 6) is -0.722. The lowest BCUT2D eigenvalue weighted by Gasteiger charge is -2.06. The highest BCUT2D eigenvalue weighted by Crippen LogP contribution is 2.24. The first-order valence-corrected chi connectivity index (χ1v) is 5.43. The Hall–Kier alpha value is -2.42. The van der Waals surface area contributed by atoms with Gasteiger partial charge in [0, 0.05) is 11.6 Å². The van der Waals surface area contributed by atoms with Crippen molar-refractivity contribution < 1.29 is 14.5 Å². The lowest BCUT2D eigenvalue weighted by molar-refractivity contribution is -0.385. The van der Waals surface area contributed by atoms with Gasteiger partial charge in [0.25, 0.3) is 5.69 Å². The first kappa shape index (κ1) is 13.6. The fourth-order valence-electron chi connectivity index (χ4n) is 1.56. The fourth-order valence-corrected chi connectivity index (χ4v) is 1.56. The summed E-state index contributed by atoms with van der Waals surface area (Å²) < 4.78 is 4.77. The lowest BCUT2D eigenvalue weighted by Crippen LogP contribution is -2.09. The minimum Gasteiger partial charge on any atom is -0.462 e. The van der Waals surface area contributed by atoms with E-state index in [1.165, 1.54) is 6.07 Å². The maximum absolute atomic E-state index is 11.6. The van der Waals surface area contributed by atoms with Gasteiger partial charge in [-0.3, -0.25) is 10.1 Å². The molecule has 0 saturated carbocycles. The molecule has 0 amide bonds. The minimum absolute atomic E-state index is 0.0664. The van der Waals surface area contributed by atoms with Gasteiger partial charge in [-0.1, -0.05) is 6.92 Å². The molecule has 0 aromatic heterocycles. The Morgan fingerprint density at radius 1 is 1.50 bits per heavy atom. The Morgan fingerprint density at radius 2 is 2.17 bits per heavy atom. The number of hydrogen-bond acceptors (Lipinski definition) is 5. The number of hydrogen-bond donors (Lipinski definition) is 0. The number of rotatable bonds is 4. The zero-order valence-electron chi connectivity index (χ0n) is 10.1. The van der Waals surface area contributed by atoms with Gasteiger partial charge in [0.05, 0.1) is 22.7 Å². The molecule has 0 N–H and O–H groups in total. The van der Waals surface area contributed by atoms with Crippen LogP contribution in [0.3, 0.4) is 0 Å². The van der Waals surface area contributed by atoms with Crippen molar-refractivity contribution in [2.24, 2.45) is 0 Å². The summed E-state index contributed by atoms with van der Waals surface area (Å²) in [4.78, 5) is 21.9. The van der Waals surface area contributed by atoms with Crippen molar-refractivity contribution in [2.75, 3.05) is 6.61 Å². The van der Waals surface area contributed by atoms with Crippen LogP contribution in [0.2, 0.25) is 0 Å². The molecule has 0 saturated heterocycles. The zero-order chi connectivity index (χ0) is 13.7. The van der Waals surface area contributed by atoms with Gasteiger partial charge in [-0.2, -0.15) is 5.26 Å². The lowest BCUT2D eigenvalue weighted by atomic mass is 10.0. The van der Waals surface area contributed by atoms with E-state index in [0.29, 0.717) is 12.0 Å². The molecule has 0 atom stereocenters. The third-order valence-electron chi connectivity index (χ3n) is 2.41. The van der Waals surface area contributed by atoms with Gasteiger partial charge in [0.1, 0.15) is 6.07 Å². The van der Waals surface area contributed by atoms with Crippen LogP contribution in [-0.4, -0.2) is 17.5 Å². The molecule has 6 nitrogen and oxygen atoms in total. The second-order valence-electron chi connectivity index (χ2n) is 3.47. The maximum atomic E-state index is 11.6. The number of carbonyl (C=O) groups excluding carboxylic acids is 1. The van der Waals surface area contributed by atoms with E-state index in [4.69, 9.17) is 10.00 Å². The molecular formula is C12H12N2O4. The molecule has 0 heterocycles. The first-order chi connectivity index (χ1) is 8.54. The van der Waals surface area contributed by atoms with E-state index in [9.17, 15) is 14.9 Å². The predicted molar refractivity (Wildman–Crippen MR) is 63.1 cm³/mol. The van der Waals surface area contributed by atoms with Crippen molar-refractivity contribution in [2.45, 2.75) is 20.3 Å². The number of nitriles is 1. The van der Waals surface area contributed by atoms with Gasteiger partial charge in [-0.25, -0.2) is 4.79 Å². The van der Waals surface area contributed by atoms with Crippen molar-refractivity contribution in [3.63, 3.8) is 0 Å². The van der Waals surface area contributed by atoms with E-state index in [1.807, 2.05) is 6.07 Å². The summed E-state index contributed by atoms with van der Waals surface area (Å²) in [6.45, 7) is 3.51. The molecule has 0 unspecified atom stereocenters. The molecule has 6 heteroatoms. The number of ether oxygens (including phenoxy) is 1. The normalized spacial score (nSPS) is 9.61. The van der Waals surface area contributed by atoms with Gasteiger partial charge in [-0.15, -0.1) is 0 Å². The largest absolute Gasteiger partial charge is 0.462 e. The molecule has 0 aliphatic rings. The number of nitro groups is 1. The highest BCUT2D eigenvalue weighted by molar-refractivity contribution is 5.93. The number of nitro benzene ring substituents is 1. The number of nitrogens with zero attached hydrogens (tertiary/aromatic N) is 2. The van der Waals surface area contributed by atoms with E-state index in [0.717, 1.165) is 6.07 Å². The monoisotopic (exact) mass is 248 g/mol. The number of benzene rings is 1. The summed E-state index contributed by atoms with van der Waals surface area (Å²) in [5, 5.41) is 19.8. The van der Waals surface area contributed by atoms with Crippen LogP contribution in [-0.2, 0) is 11.2 Å². The van der Waals surface area contributed by atoms with Crippen LogP contribution < -0.4 is 0 Å².